The molecule has 19 heteroatoms. The second-order valence-corrected chi connectivity index (χ2v) is 19.8. The molecule has 0 aromatic heterocycles. The lowest BCUT2D eigenvalue weighted by Crippen LogP contribution is -2.63. The van der Waals surface area contributed by atoms with Crippen molar-refractivity contribution in [2.45, 2.75) is 53.5 Å². The molecule has 5 aromatic rings. The molecular formula is C39H31F9I2O5S3. The van der Waals surface area contributed by atoms with Crippen LogP contribution in [0, 0.1) is 0 Å². The van der Waals surface area contributed by atoms with E-state index in [2.05, 4.69) is 45.2 Å². The molecule has 0 N–H and O–H groups in total. The minimum atomic E-state index is -7.51. The summed E-state index contributed by atoms with van der Waals surface area (Å²) in [7, 11) is -11.6. The van der Waals surface area contributed by atoms with Crippen molar-refractivity contribution in [3.05, 3.63) is 151 Å². The maximum absolute atomic E-state index is 15.4. The lowest BCUT2D eigenvalue weighted by atomic mass is 9.97. The molecule has 0 saturated carbocycles. The summed E-state index contributed by atoms with van der Waals surface area (Å²) in [4.78, 5) is 1.21. The molecule has 5 nitrogen and oxygen atoms in total. The first-order valence-electron chi connectivity index (χ1n) is 16.7. The molecule has 5 aromatic carbocycles. The van der Waals surface area contributed by atoms with E-state index in [0.717, 1.165) is 9.79 Å². The van der Waals surface area contributed by atoms with Crippen LogP contribution in [0.4, 0.5) is 39.5 Å². The average molecular weight is 1100 g/mol. The van der Waals surface area contributed by atoms with Crippen molar-refractivity contribution in [1.29, 1.82) is 0 Å². The third-order valence-electron chi connectivity index (χ3n) is 8.32. The first kappa shape index (κ1) is 46.5. The van der Waals surface area contributed by atoms with Crippen LogP contribution in [0.5, 0.6) is 0 Å². The Morgan fingerprint density at radius 3 is 1.29 bits per heavy atom. The molecule has 5 rings (SSSR count). The molecule has 0 aliphatic carbocycles. The molecule has 0 amide bonds. The SMILES string of the molecule is O=S(=O)(OS(c1ccccc1)(c1ccccc1)c1ccc(C(OCCI)(OCCI)c2ccc(Sc3ccccc3)cc2)cc1)C(F)(F)C(F)(F)C(F)(F)C(F)(F)F. The predicted octanol–water partition coefficient (Wildman–Crippen LogP) is 12.9. The predicted molar refractivity (Wildman–Crippen MR) is 220 cm³/mol. The zero-order valence-electron chi connectivity index (χ0n) is 29.5. The van der Waals surface area contributed by atoms with Gasteiger partial charge in [-0.2, -0.15) is 47.9 Å². The molecule has 0 radical (unpaired) electrons. The normalized spacial score (nSPS) is 13.7. The maximum atomic E-state index is 15.4. The van der Waals surface area contributed by atoms with Gasteiger partial charge in [0.1, 0.15) is 0 Å². The number of ether oxygens (including phenoxy) is 2. The topological polar surface area (TPSA) is 61.8 Å². The van der Waals surface area contributed by atoms with Crippen molar-refractivity contribution in [3.63, 3.8) is 0 Å². The highest BCUT2D eigenvalue weighted by atomic mass is 127. The van der Waals surface area contributed by atoms with Gasteiger partial charge in [-0.3, -0.25) is 0 Å². The molecule has 0 spiro atoms. The van der Waals surface area contributed by atoms with Crippen LogP contribution < -0.4 is 0 Å². The molecule has 0 saturated heterocycles. The van der Waals surface area contributed by atoms with Crippen LogP contribution in [-0.2, 0) is 29.0 Å². The molecule has 312 valence electrons. The first-order valence-corrected chi connectivity index (χ1v) is 23.6. The molecule has 0 heterocycles. The summed E-state index contributed by atoms with van der Waals surface area (Å²) in [5, 5.41) is -7.11. The zero-order chi connectivity index (χ0) is 42.5. The van der Waals surface area contributed by atoms with E-state index in [0.29, 0.717) is 20.0 Å². The van der Waals surface area contributed by atoms with E-state index in [4.69, 9.17) is 13.1 Å². The molecule has 58 heavy (non-hydrogen) atoms. The third-order valence-corrected chi connectivity index (χ3v) is 15.4. The largest absolute Gasteiger partial charge is 0.460 e. The van der Waals surface area contributed by atoms with Crippen LogP contribution in [-0.4, -0.2) is 53.8 Å². The van der Waals surface area contributed by atoms with Gasteiger partial charge in [0.2, 0.25) is 5.79 Å². The minimum Gasteiger partial charge on any atom is -0.341 e. The summed E-state index contributed by atoms with van der Waals surface area (Å²) >= 11 is 5.72. The van der Waals surface area contributed by atoms with Crippen molar-refractivity contribution < 1.29 is 61.0 Å². The fourth-order valence-corrected chi connectivity index (χ4v) is 12.1. The number of hydrogen-bond donors (Lipinski definition) is 0. The van der Waals surface area contributed by atoms with Crippen molar-refractivity contribution in [1.82, 2.24) is 0 Å². The number of alkyl halides is 11. The summed E-state index contributed by atoms with van der Waals surface area (Å²) in [6, 6.07) is 35.4. The van der Waals surface area contributed by atoms with Crippen molar-refractivity contribution in [2.75, 3.05) is 22.1 Å². The lowest BCUT2D eigenvalue weighted by Gasteiger charge is -2.41. The molecule has 0 fully saturated rings. The third kappa shape index (κ3) is 9.06. The molecule has 0 atom stereocenters. The van der Waals surface area contributed by atoms with Gasteiger partial charge in [-0.1, -0.05) is 136 Å². The molecular weight excluding hydrogens is 1070 g/mol. The molecule has 0 unspecified atom stereocenters. The van der Waals surface area contributed by atoms with Crippen LogP contribution in [0.25, 0.3) is 0 Å². The van der Waals surface area contributed by atoms with Crippen molar-refractivity contribution in [2.24, 2.45) is 0 Å². The van der Waals surface area contributed by atoms with E-state index >= 15 is 8.78 Å². The Labute approximate surface area is 362 Å². The first-order chi connectivity index (χ1) is 27.3. The van der Waals surface area contributed by atoms with Gasteiger partial charge in [-0.25, -0.2) is 3.63 Å². The van der Waals surface area contributed by atoms with Gasteiger partial charge in [0.15, 0.2) is 0 Å². The van der Waals surface area contributed by atoms with Gasteiger partial charge in [-0.15, -0.1) is 0 Å². The van der Waals surface area contributed by atoms with Crippen LogP contribution >= 0.6 is 67.3 Å². The Balaban J connectivity index is 1.71. The molecule has 0 aliphatic rings. The van der Waals surface area contributed by atoms with Crippen LogP contribution in [0.1, 0.15) is 11.1 Å². The number of halogens is 11. The second kappa shape index (κ2) is 18.6. The smallest absolute Gasteiger partial charge is 0.341 e. The summed E-state index contributed by atoms with van der Waals surface area (Å²) in [5.74, 6) is -16.6. The number of hydrogen-bond acceptors (Lipinski definition) is 6. The fraction of sp³-hybridized carbons (Fsp3) is 0.231. The number of benzene rings is 5. The molecule has 0 bridgehead atoms. The zero-order valence-corrected chi connectivity index (χ0v) is 36.3. The quantitative estimate of drug-likeness (QED) is 0.0377. The maximum Gasteiger partial charge on any atom is 0.460 e. The Morgan fingerprint density at radius 2 is 0.879 bits per heavy atom. The van der Waals surface area contributed by atoms with E-state index in [9.17, 15) is 39.2 Å². The summed E-state index contributed by atoms with van der Waals surface area (Å²) in [6.45, 7) is 0.334. The second-order valence-electron chi connectivity index (χ2n) is 12.0. The Kier molecular flexibility index (Phi) is 14.9. The standard InChI is InChI=1S/C39H31F9I2O5S3/c40-36(41,38(44,45)46)37(42,43)39(47,48)58(51,52)55-57(32-12-6-2-7-13-32,33-14-8-3-9-15-33)34-22-18-29(19-23-34)35(53-26-24-49,54-27-25-50)28-16-20-31(21-17-28)56-30-10-4-1-5-11-30/h1-23H,24-27H2. The van der Waals surface area contributed by atoms with E-state index < -0.39 is 49.5 Å². The van der Waals surface area contributed by atoms with Gasteiger partial charge >= 0.3 is 33.4 Å². The van der Waals surface area contributed by atoms with E-state index in [1.807, 2.05) is 42.5 Å². The fourth-order valence-electron chi connectivity index (χ4n) is 5.58. The monoisotopic (exact) mass is 1100 g/mol. The van der Waals surface area contributed by atoms with Crippen LogP contribution in [0.15, 0.2) is 164 Å². The van der Waals surface area contributed by atoms with Crippen molar-refractivity contribution in [3.8, 4) is 0 Å². The van der Waals surface area contributed by atoms with Crippen molar-refractivity contribution >= 4 is 77.4 Å². The number of rotatable bonds is 18. The van der Waals surface area contributed by atoms with Gasteiger partial charge in [0.25, 0.3) is 0 Å². The Morgan fingerprint density at radius 1 is 0.500 bits per heavy atom. The van der Waals surface area contributed by atoms with Crippen LogP contribution in [0.2, 0.25) is 0 Å². The Hall–Kier alpha value is -2.54. The van der Waals surface area contributed by atoms with Gasteiger partial charge in [0, 0.05) is 44.5 Å². The molecule has 0 aliphatic heterocycles. The highest BCUT2D eigenvalue weighted by molar-refractivity contribution is 14.1. The summed E-state index contributed by atoms with van der Waals surface area (Å²) in [6.07, 6.45) is -7.26. The van der Waals surface area contributed by atoms with Gasteiger partial charge in [0.05, 0.1) is 13.2 Å². The minimum absolute atomic E-state index is 0.167. The highest BCUT2D eigenvalue weighted by Crippen LogP contribution is 2.71. The summed E-state index contributed by atoms with van der Waals surface area (Å²) in [5.41, 5.74) is 0.844. The van der Waals surface area contributed by atoms with Gasteiger partial charge < -0.3 is 9.47 Å². The average Bonchev–Trinajstić information content (AvgIpc) is 3.21. The van der Waals surface area contributed by atoms with E-state index in [-0.39, 0.29) is 27.9 Å². The van der Waals surface area contributed by atoms with Crippen LogP contribution in [0.3, 0.4) is 0 Å². The van der Waals surface area contributed by atoms with Gasteiger partial charge in [-0.05, 0) is 71.0 Å². The lowest BCUT2D eigenvalue weighted by molar-refractivity contribution is -0.382. The summed E-state index contributed by atoms with van der Waals surface area (Å²) < 4.78 is 173. The van der Waals surface area contributed by atoms with E-state index in [1.165, 1.54) is 96.7 Å². The Bertz CT molecular complexity index is 2160. The highest BCUT2D eigenvalue weighted by Gasteiger charge is 2.86. The van der Waals surface area contributed by atoms with E-state index in [1.54, 1.807) is 12.1 Å².